The normalized spacial score (nSPS) is 14.3. The summed E-state index contributed by atoms with van der Waals surface area (Å²) in [5, 5.41) is 9.12. The fourth-order valence-electron chi connectivity index (χ4n) is 2.54. The zero-order valence-corrected chi connectivity index (χ0v) is 14.0. The van der Waals surface area contributed by atoms with Crippen molar-refractivity contribution in [3.8, 4) is 0 Å². The van der Waals surface area contributed by atoms with Crippen LogP contribution in [0, 0.1) is 11.3 Å². The first-order valence-corrected chi connectivity index (χ1v) is 7.61. The maximum atomic E-state index is 11.1. The Kier molecular flexibility index (Phi) is 8.36. The highest BCUT2D eigenvalue weighted by Gasteiger charge is 2.27. The van der Waals surface area contributed by atoms with E-state index in [1.165, 1.54) is 0 Å². The van der Waals surface area contributed by atoms with Gasteiger partial charge in [0.25, 0.3) is 0 Å². The first-order valence-electron chi connectivity index (χ1n) is 7.61. The number of carboxylic acids is 1. The molecule has 0 rings (SSSR count). The third-order valence-electron chi connectivity index (χ3n) is 3.05. The van der Waals surface area contributed by atoms with E-state index in [1.54, 1.807) is 0 Å². The van der Waals surface area contributed by atoms with Crippen molar-refractivity contribution in [3.63, 3.8) is 0 Å². The van der Waals surface area contributed by atoms with Crippen LogP contribution in [-0.2, 0) is 14.6 Å². The van der Waals surface area contributed by atoms with Crippen LogP contribution in [0.2, 0.25) is 0 Å². The predicted molar refractivity (Wildman–Crippen MR) is 80.5 cm³/mol. The molecule has 120 valence electrons. The summed E-state index contributed by atoms with van der Waals surface area (Å²) in [6.07, 6.45) is 4.03. The second-order valence-electron chi connectivity index (χ2n) is 7.37. The van der Waals surface area contributed by atoms with Crippen LogP contribution in [0.3, 0.4) is 0 Å². The fourth-order valence-corrected chi connectivity index (χ4v) is 2.54. The number of hydrogen-bond acceptors (Lipinski definition) is 3. The van der Waals surface area contributed by atoms with Gasteiger partial charge in [0, 0.05) is 0 Å². The topological polar surface area (TPSA) is 55.8 Å². The molecule has 0 amide bonds. The Balaban J connectivity index is 4.01. The molecule has 0 aliphatic rings. The molecule has 0 aromatic rings. The molecule has 1 unspecified atom stereocenters. The summed E-state index contributed by atoms with van der Waals surface area (Å²) in [5.41, 5.74) is -0.196. The van der Waals surface area contributed by atoms with Gasteiger partial charge in [0.05, 0.1) is 18.1 Å². The van der Waals surface area contributed by atoms with Gasteiger partial charge >= 0.3 is 5.97 Å². The third kappa shape index (κ3) is 10.2. The summed E-state index contributed by atoms with van der Waals surface area (Å²) in [6.45, 7) is 12.8. The zero-order chi connectivity index (χ0) is 15.8. The lowest BCUT2D eigenvalue weighted by atomic mass is 9.84. The Hall–Kier alpha value is -0.610. The maximum Gasteiger partial charge on any atom is 0.306 e. The quantitative estimate of drug-likeness (QED) is 0.367. The lowest BCUT2D eigenvalue weighted by molar-refractivity contribution is -0.358. The number of carbonyl (C=O) groups is 1. The monoisotopic (exact) mass is 288 g/mol. The van der Waals surface area contributed by atoms with Gasteiger partial charge in [0.15, 0.2) is 0 Å². The molecule has 0 saturated heterocycles. The summed E-state index contributed by atoms with van der Waals surface area (Å²) in [5.74, 6) is -1.07. The Morgan fingerprint density at radius 2 is 1.75 bits per heavy atom. The van der Waals surface area contributed by atoms with Crippen LogP contribution in [0.1, 0.15) is 73.6 Å². The molecule has 0 aromatic heterocycles. The SMILES string of the molecule is CCCCC(CCOOC(C)(C)CC(C)(C)C)C(=O)O. The van der Waals surface area contributed by atoms with Crippen LogP contribution < -0.4 is 0 Å². The third-order valence-corrected chi connectivity index (χ3v) is 3.05. The Labute approximate surface area is 123 Å². The molecule has 0 heterocycles. The van der Waals surface area contributed by atoms with Gasteiger partial charge in [-0.2, -0.15) is 0 Å². The number of unbranched alkanes of at least 4 members (excludes halogenated alkanes) is 1. The average Bonchev–Trinajstić information content (AvgIpc) is 2.24. The number of aliphatic carboxylic acids is 1. The fraction of sp³-hybridized carbons (Fsp3) is 0.938. The summed E-state index contributed by atoms with van der Waals surface area (Å²) in [4.78, 5) is 21.8. The van der Waals surface area contributed by atoms with Crippen LogP contribution in [0.15, 0.2) is 0 Å². The van der Waals surface area contributed by atoms with Crippen LogP contribution in [0.4, 0.5) is 0 Å². The van der Waals surface area contributed by atoms with Crippen molar-refractivity contribution in [2.75, 3.05) is 6.61 Å². The van der Waals surface area contributed by atoms with Gasteiger partial charge in [-0.15, -0.1) is 0 Å². The van der Waals surface area contributed by atoms with E-state index in [9.17, 15) is 4.79 Å². The molecular formula is C16H32O4. The van der Waals surface area contributed by atoms with E-state index in [1.807, 2.05) is 13.8 Å². The number of carboxylic acid groups (broad SMARTS) is 1. The minimum absolute atomic E-state index is 0.164. The van der Waals surface area contributed by atoms with E-state index in [2.05, 4.69) is 27.7 Å². The van der Waals surface area contributed by atoms with Gasteiger partial charge in [-0.25, -0.2) is 9.78 Å². The Morgan fingerprint density at radius 1 is 1.15 bits per heavy atom. The molecule has 0 fully saturated rings. The molecule has 1 N–H and O–H groups in total. The van der Waals surface area contributed by atoms with Crippen LogP contribution >= 0.6 is 0 Å². The summed E-state index contributed by atoms with van der Waals surface area (Å²) < 4.78 is 0. The van der Waals surface area contributed by atoms with Crippen molar-refractivity contribution in [1.29, 1.82) is 0 Å². The molecule has 4 nitrogen and oxygen atoms in total. The maximum absolute atomic E-state index is 11.1. The summed E-state index contributed by atoms with van der Waals surface area (Å²) in [7, 11) is 0. The van der Waals surface area contributed by atoms with E-state index in [0.717, 1.165) is 19.3 Å². The van der Waals surface area contributed by atoms with Crippen molar-refractivity contribution in [2.24, 2.45) is 11.3 Å². The van der Waals surface area contributed by atoms with Gasteiger partial charge in [-0.3, -0.25) is 4.79 Å². The summed E-state index contributed by atoms with van der Waals surface area (Å²) in [6, 6.07) is 0. The second-order valence-corrected chi connectivity index (χ2v) is 7.37. The van der Waals surface area contributed by atoms with Crippen molar-refractivity contribution < 1.29 is 19.7 Å². The van der Waals surface area contributed by atoms with Gasteiger partial charge in [-0.1, -0.05) is 40.5 Å². The second kappa shape index (κ2) is 8.63. The van der Waals surface area contributed by atoms with Gasteiger partial charge in [0.2, 0.25) is 0 Å². The van der Waals surface area contributed by atoms with Crippen molar-refractivity contribution in [2.45, 2.75) is 79.2 Å². The molecule has 0 bridgehead atoms. The van der Waals surface area contributed by atoms with E-state index in [0.29, 0.717) is 19.4 Å². The van der Waals surface area contributed by atoms with E-state index in [-0.39, 0.29) is 16.9 Å². The molecule has 0 spiro atoms. The lowest BCUT2D eigenvalue weighted by Gasteiger charge is -2.31. The molecule has 1 atom stereocenters. The highest BCUT2D eigenvalue weighted by atomic mass is 17.2. The van der Waals surface area contributed by atoms with E-state index < -0.39 is 5.97 Å². The molecule has 0 aliphatic carbocycles. The first kappa shape index (κ1) is 19.4. The largest absolute Gasteiger partial charge is 0.481 e. The predicted octanol–water partition coefficient (Wildman–Crippen LogP) is 4.43. The summed E-state index contributed by atoms with van der Waals surface area (Å²) >= 11 is 0. The van der Waals surface area contributed by atoms with Crippen molar-refractivity contribution in [3.05, 3.63) is 0 Å². The molecular weight excluding hydrogens is 256 g/mol. The van der Waals surface area contributed by atoms with Crippen LogP contribution in [-0.4, -0.2) is 23.3 Å². The first-order chi connectivity index (χ1) is 9.07. The molecule has 4 heteroatoms. The zero-order valence-electron chi connectivity index (χ0n) is 14.0. The van der Waals surface area contributed by atoms with Crippen LogP contribution in [0.5, 0.6) is 0 Å². The van der Waals surface area contributed by atoms with E-state index in [4.69, 9.17) is 14.9 Å². The molecule has 0 aliphatic heterocycles. The van der Waals surface area contributed by atoms with Crippen LogP contribution in [0.25, 0.3) is 0 Å². The lowest BCUT2D eigenvalue weighted by Crippen LogP contribution is -2.30. The number of hydrogen-bond donors (Lipinski definition) is 1. The molecule has 0 aromatic carbocycles. The van der Waals surface area contributed by atoms with Gasteiger partial charge in [0.1, 0.15) is 0 Å². The van der Waals surface area contributed by atoms with E-state index >= 15 is 0 Å². The average molecular weight is 288 g/mol. The molecule has 0 radical (unpaired) electrons. The molecule has 20 heavy (non-hydrogen) atoms. The van der Waals surface area contributed by atoms with Gasteiger partial charge < -0.3 is 5.11 Å². The standard InChI is InChI=1S/C16H32O4/c1-7-8-9-13(14(17)18)10-11-19-20-16(5,6)12-15(2,3)4/h13H,7-12H2,1-6H3,(H,17,18). The highest BCUT2D eigenvalue weighted by molar-refractivity contribution is 5.69. The van der Waals surface area contributed by atoms with Gasteiger partial charge in [-0.05, 0) is 38.5 Å². The Morgan fingerprint density at radius 3 is 2.20 bits per heavy atom. The Bertz CT molecular complexity index is 279. The van der Waals surface area contributed by atoms with Crippen molar-refractivity contribution in [1.82, 2.24) is 0 Å². The minimum atomic E-state index is -0.740. The number of rotatable bonds is 10. The smallest absolute Gasteiger partial charge is 0.306 e. The molecule has 0 saturated carbocycles. The minimum Gasteiger partial charge on any atom is -0.481 e. The van der Waals surface area contributed by atoms with Crippen molar-refractivity contribution >= 4 is 5.97 Å². The highest BCUT2D eigenvalue weighted by Crippen LogP contribution is 2.29.